The Balaban J connectivity index is 1.81. The summed E-state index contributed by atoms with van der Waals surface area (Å²) in [6.07, 6.45) is 0. The first-order chi connectivity index (χ1) is 14.0. The number of aromatic nitrogens is 4. The Morgan fingerprint density at radius 2 is 1.90 bits per heavy atom. The lowest BCUT2D eigenvalue weighted by molar-refractivity contribution is -0.384. The molecule has 2 heterocycles. The van der Waals surface area contributed by atoms with Gasteiger partial charge in [0.25, 0.3) is 5.69 Å². The van der Waals surface area contributed by atoms with E-state index in [2.05, 4.69) is 20.4 Å². The molecule has 0 aliphatic carbocycles. The van der Waals surface area contributed by atoms with Gasteiger partial charge in [-0.3, -0.25) is 15.0 Å². The molecule has 150 valence electrons. The molecule has 1 aliphatic rings. The van der Waals surface area contributed by atoms with Crippen LogP contribution in [0.3, 0.4) is 0 Å². The van der Waals surface area contributed by atoms with Crippen molar-refractivity contribution in [2.75, 3.05) is 26.3 Å². The third-order valence-electron chi connectivity index (χ3n) is 4.97. The summed E-state index contributed by atoms with van der Waals surface area (Å²) in [6.45, 7) is 4.56. The van der Waals surface area contributed by atoms with Crippen LogP contribution in [0.1, 0.15) is 23.0 Å². The molecule has 1 atom stereocenters. The highest BCUT2D eigenvalue weighted by atomic mass is 35.5. The summed E-state index contributed by atoms with van der Waals surface area (Å²) in [5.74, 6) is 0.617. The van der Waals surface area contributed by atoms with Crippen LogP contribution in [0.2, 0.25) is 5.02 Å². The zero-order chi connectivity index (χ0) is 20.4. The van der Waals surface area contributed by atoms with Crippen molar-refractivity contribution in [3.63, 3.8) is 0 Å². The van der Waals surface area contributed by atoms with Gasteiger partial charge in [-0.15, -0.1) is 5.10 Å². The van der Waals surface area contributed by atoms with E-state index in [-0.39, 0.29) is 11.7 Å². The first kappa shape index (κ1) is 19.4. The topological polar surface area (TPSA) is 99.2 Å². The molecule has 0 amide bonds. The molecule has 0 radical (unpaired) electrons. The molecule has 10 heteroatoms. The van der Waals surface area contributed by atoms with Crippen molar-refractivity contribution >= 4 is 17.3 Å². The lowest BCUT2D eigenvalue weighted by Crippen LogP contribution is -2.40. The van der Waals surface area contributed by atoms with Crippen LogP contribution in [0.5, 0.6) is 0 Å². The van der Waals surface area contributed by atoms with Gasteiger partial charge in [0, 0.05) is 30.2 Å². The number of nitrogens with zero attached hydrogens (tertiary/aromatic N) is 6. The highest BCUT2D eigenvalue weighted by molar-refractivity contribution is 6.30. The van der Waals surface area contributed by atoms with Crippen molar-refractivity contribution in [3.8, 4) is 5.69 Å². The number of non-ortho nitro benzene ring substituents is 1. The average molecular weight is 415 g/mol. The Hall–Kier alpha value is -2.88. The summed E-state index contributed by atoms with van der Waals surface area (Å²) in [4.78, 5) is 12.9. The number of benzene rings is 2. The van der Waals surface area contributed by atoms with Gasteiger partial charge in [0.1, 0.15) is 0 Å². The van der Waals surface area contributed by atoms with E-state index in [0.29, 0.717) is 37.2 Å². The zero-order valence-electron chi connectivity index (χ0n) is 15.7. The summed E-state index contributed by atoms with van der Waals surface area (Å²) >= 11 is 6.21. The predicted octanol–water partition coefficient (Wildman–Crippen LogP) is 2.95. The normalized spacial score (nSPS) is 15.9. The number of aryl methyl sites for hydroxylation is 1. The maximum Gasteiger partial charge on any atom is 0.269 e. The van der Waals surface area contributed by atoms with Gasteiger partial charge in [-0.1, -0.05) is 29.8 Å². The second kappa shape index (κ2) is 8.24. The Morgan fingerprint density at radius 3 is 2.59 bits per heavy atom. The van der Waals surface area contributed by atoms with Crippen molar-refractivity contribution in [2.45, 2.75) is 13.0 Å². The zero-order valence-corrected chi connectivity index (χ0v) is 16.5. The highest BCUT2D eigenvalue weighted by Crippen LogP contribution is 2.31. The SMILES string of the molecule is Cc1ccc(Cl)cc1-n1nnnc1C(c1ccc([N+](=O)[O-])cc1)N1CCOCC1. The number of nitro benzene ring substituents is 1. The first-order valence-electron chi connectivity index (χ1n) is 9.15. The van der Waals surface area contributed by atoms with Crippen LogP contribution in [-0.2, 0) is 4.74 Å². The third kappa shape index (κ3) is 3.98. The van der Waals surface area contributed by atoms with Crippen molar-refractivity contribution < 1.29 is 9.66 Å². The van der Waals surface area contributed by atoms with Gasteiger partial charge < -0.3 is 4.74 Å². The fourth-order valence-electron chi connectivity index (χ4n) is 3.48. The number of halogens is 1. The molecule has 3 aromatic rings. The van der Waals surface area contributed by atoms with E-state index < -0.39 is 4.92 Å². The van der Waals surface area contributed by atoms with Crippen LogP contribution in [0.25, 0.3) is 5.69 Å². The molecule has 1 unspecified atom stereocenters. The molecule has 0 bridgehead atoms. The number of hydrogen-bond donors (Lipinski definition) is 0. The molecule has 0 saturated carbocycles. The van der Waals surface area contributed by atoms with Gasteiger partial charge in [-0.05, 0) is 40.6 Å². The molecule has 0 spiro atoms. The van der Waals surface area contributed by atoms with Crippen LogP contribution in [0.15, 0.2) is 42.5 Å². The van der Waals surface area contributed by atoms with E-state index in [4.69, 9.17) is 16.3 Å². The van der Waals surface area contributed by atoms with Crippen molar-refractivity contribution in [2.24, 2.45) is 0 Å². The predicted molar refractivity (Wildman–Crippen MR) is 106 cm³/mol. The molecule has 1 aliphatic heterocycles. The van der Waals surface area contributed by atoms with E-state index in [1.807, 2.05) is 25.1 Å². The highest BCUT2D eigenvalue weighted by Gasteiger charge is 2.30. The first-order valence-corrected chi connectivity index (χ1v) is 9.53. The van der Waals surface area contributed by atoms with E-state index in [0.717, 1.165) is 16.8 Å². The molecule has 1 saturated heterocycles. The smallest absolute Gasteiger partial charge is 0.269 e. The lowest BCUT2D eigenvalue weighted by atomic mass is 10.0. The van der Waals surface area contributed by atoms with Crippen LogP contribution < -0.4 is 0 Å². The van der Waals surface area contributed by atoms with Gasteiger partial charge in [0.15, 0.2) is 5.82 Å². The third-order valence-corrected chi connectivity index (χ3v) is 5.20. The fourth-order valence-corrected chi connectivity index (χ4v) is 3.65. The standard InChI is InChI=1S/C19H19ClN6O3/c1-13-2-5-15(20)12-17(13)25-19(21-22-23-25)18(24-8-10-29-11-9-24)14-3-6-16(7-4-14)26(27)28/h2-7,12,18H,8-11H2,1H3. The maximum absolute atomic E-state index is 11.1. The van der Waals surface area contributed by atoms with Crippen LogP contribution in [0.4, 0.5) is 5.69 Å². The largest absolute Gasteiger partial charge is 0.379 e. The summed E-state index contributed by atoms with van der Waals surface area (Å²) < 4.78 is 7.18. The number of ether oxygens (including phenoxy) is 1. The molecule has 29 heavy (non-hydrogen) atoms. The molecule has 2 aromatic carbocycles. The summed E-state index contributed by atoms with van der Waals surface area (Å²) in [7, 11) is 0. The maximum atomic E-state index is 11.1. The van der Waals surface area contributed by atoms with Crippen molar-refractivity contribution in [1.29, 1.82) is 0 Å². The van der Waals surface area contributed by atoms with E-state index in [9.17, 15) is 10.1 Å². The number of tetrazole rings is 1. The molecule has 1 fully saturated rings. The minimum Gasteiger partial charge on any atom is -0.379 e. The lowest BCUT2D eigenvalue weighted by Gasteiger charge is -2.34. The van der Waals surface area contributed by atoms with Gasteiger partial charge in [-0.2, -0.15) is 4.68 Å². The van der Waals surface area contributed by atoms with Gasteiger partial charge in [-0.25, -0.2) is 0 Å². The number of morpholine rings is 1. The van der Waals surface area contributed by atoms with E-state index in [1.165, 1.54) is 12.1 Å². The van der Waals surface area contributed by atoms with E-state index >= 15 is 0 Å². The van der Waals surface area contributed by atoms with Gasteiger partial charge >= 0.3 is 0 Å². The second-order valence-electron chi connectivity index (χ2n) is 6.78. The monoisotopic (exact) mass is 414 g/mol. The molecule has 4 rings (SSSR count). The Bertz CT molecular complexity index is 1020. The Kier molecular flexibility index (Phi) is 5.52. The minimum absolute atomic E-state index is 0.0414. The van der Waals surface area contributed by atoms with Crippen LogP contribution >= 0.6 is 11.6 Å². The Morgan fingerprint density at radius 1 is 1.17 bits per heavy atom. The molecule has 0 N–H and O–H groups in total. The fraction of sp³-hybridized carbons (Fsp3) is 0.316. The second-order valence-corrected chi connectivity index (χ2v) is 7.22. The minimum atomic E-state index is -0.410. The van der Waals surface area contributed by atoms with Gasteiger partial charge in [0.05, 0.1) is 29.9 Å². The van der Waals surface area contributed by atoms with Crippen molar-refractivity contribution in [3.05, 3.63) is 74.6 Å². The number of nitro groups is 1. The molecular weight excluding hydrogens is 396 g/mol. The quantitative estimate of drug-likeness (QED) is 0.467. The number of rotatable bonds is 5. The summed E-state index contributed by atoms with van der Waals surface area (Å²) in [5, 5.41) is 24.1. The summed E-state index contributed by atoms with van der Waals surface area (Å²) in [6, 6.07) is 11.8. The van der Waals surface area contributed by atoms with Crippen LogP contribution in [0, 0.1) is 17.0 Å². The van der Waals surface area contributed by atoms with Crippen LogP contribution in [-0.4, -0.2) is 56.3 Å². The molecule has 1 aromatic heterocycles. The summed E-state index contributed by atoms with van der Waals surface area (Å²) in [5.41, 5.74) is 2.68. The number of hydrogen-bond acceptors (Lipinski definition) is 7. The van der Waals surface area contributed by atoms with Gasteiger partial charge in [0.2, 0.25) is 0 Å². The molecular formula is C19H19ClN6O3. The average Bonchev–Trinajstić information content (AvgIpc) is 3.20. The Labute approximate surface area is 172 Å². The molecule has 9 nitrogen and oxygen atoms in total. The van der Waals surface area contributed by atoms with E-state index in [1.54, 1.807) is 16.8 Å². The van der Waals surface area contributed by atoms with Crippen molar-refractivity contribution in [1.82, 2.24) is 25.1 Å².